The Hall–Kier alpha value is -1.05. The van der Waals surface area contributed by atoms with Crippen LogP contribution in [0.1, 0.15) is 88.4 Å². The molecular weight excluding hydrogens is 471 g/mol. The summed E-state index contributed by atoms with van der Waals surface area (Å²) in [6.07, 6.45) is 6.10. The molecule has 1 unspecified atom stereocenters. The maximum atomic E-state index is 13.3. The van der Waals surface area contributed by atoms with Crippen LogP contribution in [0.15, 0.2) is 4.47 Å². The number of aromatic nitrogens is 2. The average molecular weight is 502 g/mol. The lowest BCUT2D eigenvalue weighted by Crippen LogP contribution is -2.56. The van der Waals surface area contributed by atoms with Crippen LogP contribution in [-0.2, 0) is 17.5 Å². The Kier molecular flexibility index (Phi) is 5.46. The van der Waals surface area contributed by atoms with E-state index in [1.54, 1.807) is 0 Å². The number of nitrogens with zero attached hydrogens (tertiary/aromatic N) is 2. The molecule has 0 aliphatic heterocycles. The summed E-state index contributed by atoms with van der Waals surface area (Å²) >= 11 is 3.12. The molecule has 1 aromatic heterocycles. The van der Waals surface area contributed by atoms with Gasteiger partial charge in [-0.1, -0.05) is 6.92 Å². The number of alkyl halides is 3. The largest absolute Gasteiger partial charge is 0.436 e. The summed E-state index contributed by atoms with van der Waals surface area (Å²) in [5.41, 5.74) is -0.0562. The zero-order valence-corrected chi connectivity index (χ0v) is 19.6. The smallest absolute Gasteiger partial charge is 0.353 e. The molecule has 1 amide bonds. The number of halogens is 4. The summed E-state index contributed by atoms with van der Waals surface area (Å²) in [6, 6.07) is 0.173. The minimum Gasteiger partial charge on any atom is -0.353 e. The van der Waals surface area contributed by atoms with Crippen molar-refractivity contribution in [2.45, 2.75) is 95.8 Å². The molecule has 31 heavy (non-hydrogen) atoms. The van der Waals surface area contributed by atoms with Crippen molar-refractivity contribution in [1.82, 2.24) is 15.1 Å². The van der Waals surface area contributed by atoms with E-state index in [1.807, 2.05) is 0 Å². The molecule has 8 heteroatoms. The Morgan fingerprint density at radius 3 is 2.26 bits per heavy atom. The Morgan fingerprint density at radius 1 is 1.19 bits per heavy atom. The number of hydrogen-bond donors (Lipinski definition) is 1. The summed E-state index contributed by atoms with van der Waals surface area (Å²) in [6.45, 7) is 2.33. The summed E-state index contributed by atoms with van der Waals surface area (Å²) in [5.74, 6) is 2.50. The van der Waals surface area contributed by atoms with E-state index in [4.69, 9.17) is 0 Å². The third-order valence-electron chi connectivity index (χ3n) is 8.28. The third kappa shape index (κ3) is 4.06. The number of nitrogens with one attached hydrogen (secondary N) is 1. The monoisotopic (exact) mass is 501 g/mol. The molecular formula is C23H31BrF3N3O. The molecule has 4 bridgehead atoms. The first-order chi connectivity index (χ1) is 14.7. The van der Waals surface area contributed by atoms with Crippen molar-refractivity contribution in [2.24, 2.45) is 23.2 Å². The molecule has 1 aromatic rings. The van der Waals surface area contributed by atoms with Crippen molar-refractivity contribution in [3.63, 3.8) is 0 Å². The van der Waals surface area contributed by atoms with E-state index in [0.717, 1.165) is 37.0 Å². The Labute approximate surface area is 189 Å². The Morgan fingerprint density at radius 2 is 1.77 bits per heavy atom. The first-order valence-corrected chi connectivity index (χ1v) is 12.6. The van der Waals surface area contributed by atoms with E-state index in [1.165, 1.54) is 43.2 Å². The molecule has 5 fully saturated rings. The van der Waals surface area contributed by atoms with E-state index in [0.29, 0.717) is 5.69 Å². The molecule has 1 heterocycles. The van der Waals surface area contributed by atoms with E-state index in [2.05, 4.69) is 33.3 Å². The zero-order valence-electron chi connectivity index (χ0n) is 18.0. The fourth-order valence-electron chi connectivity index (χ4n) is 7.32. The van der Waals surface area contributed by atoms with Gasteiger partial charge < -0.3 is 5.32 Å². The highest BCUT2D eigenvalue weighted by Gasteiger charge is 2.54. The average Bonchev–Trinajstić information content (AvgIpc) is 3.45. The second-order valence-corrected chi connectivity index (χ2v) is 11.4. The quantitative estimate of drug-likeness (QED) is 0.494. The van der Waals surface area contributed by atoms with Crippen molar-refractivity contribution in [3.8, 4) is 0 Å². The molecule has 5 aliphatic carbocycles. The van der Waals surface area contributed by atoms with Crippen LogP contribution in [0.4, 0.5) is 13.2 Å². The SMILES string of the molecule is CCC(NC(=O)CCn1nc(C(F)(F)F)c(Br)c1C1CC1)C12CC3CC(CC(C3)C1)C2. The molecule has 0 saturated heterocycles. The number of carbonyl (C=O) groups is 1. The van der Waals surface area contributed by atoms with Gasteiger partial charge in [0, 0.05) is 18.4 Å². The third-order valence-corrected chi connectivity index (χ3v) is 9.06. The molecule has 5 saturated carbocycles. The second-order valence-electron chi connectivity index (χ2n) is 10.6. The van der Waals surface area contributed by atoms with Gasteiger partial charge in [-0.15, -0.1) is 0 Å². The summed E-state index contributed by atoms with van der Waals surface area (Å²) in [7, 11) is 0. The zero-order chi connectivity index (χ0) is 22.0. The van der Waals surface area contributed by atoms with Crippen molar-refractivity contribution < 1.29 is 18.0 Å². The summed E-state index contributed by atoms with van der Waals surface area (Å²) < 4.78 is 41.4. The fraction of sp³-hybridized carbons (Fsp3) is 0.826. The van der Waals surface area contributed by atoms with Crippen molar-refractivity contribution >= 4 is 21.8 Å². The molecule has 5 aliphatic rings. The molecule has 1 N–H and O–H groups in total. The lowest BCUT2D eigenvalue weighted by molar-refractivity contribution is -0.142. The Bertz CT molecular complexity index is 826. The summed E-state index contributed by atoms with van der Waals surface area (Å²) in [4.78, 5) is 12.9. The van der Waals surface area contributed by atoms with E-state index in [-0.39, 0.29) is 40.7 Å². The normalized spacial score (nSPS) is 33.0. The molecule has 0 radical (unpaired) electrons. The number of hydrogen-bond acceptors (Lipinski definition) is 2. The molecule has 172 valence electrons. The number of aryl methyl sites for hydroxylation is 1. The second kappa shape index (κ2) is 7.77. The number of amides is 1. The van der Waals surface area contributed by atoms with Gasteiger partial charge in [-0.2, -0.15) is 18.3 Å². The lowest BCUT2D eigenvalue weighted by Gasteiger charge is -2.59. The van der Waals surface area contributed by atoms with Crippen LogP contribution in [0.3, 0.4) is 0 Å². The van der Waals surface area contributed by atoms with Gasteiger partial charge >= 0.3 is 6.18 Å². The first-order valence-electron chi connectivity index (χ1n) is 11.8. The topological polar surface area (TPSA) is 46.9 Å². The number of carbonyl (C=O) groups excluding carboxylic acids is 1. The highest BCUT2D eigenvalue weighted by Crippen LogP contribution is 2.61. The molecule has 0 spiro atoms. The van der Waals surface area contributed by atoms with Gasteiger partial charge in [-0.25, -0.2) is 0 Å². The molecule has 1 atom stereocenters. The highest BCUT2D eigenvalue weighted by molar-refractivity contribution is 9.10. The van der Waals surface area contributed by atoms with Gasteiger partial charge in [0.05, 0.1) is 16.7 Å². The summed E-state index contributed by atoms with van der Waals surface area (Å²) in [5, 5.41) is 7.13. The Balaban J connectivity index is 1.26. The van der Waals surface area contributed by atoms with Gasteiger partial charge in [-0.3, -0.25) is 9.48 Å². The maximum absolute atomic E-state index is 13.3. The minimum absolute atomic E-state index is 0.0444. The highest BCUT2D eigenvalue weighted by atomic mass is 79.9. The van der Waals surface area contributed by atoms with Crippen LogP contribution < -0.4 is 5.32 Å². The maximum Gasteiger partial charge on any atom is 0.436 e. The molecule has 4 nitrogen and oxygen atoms in total. The standard InChI is InChI=1S/C23H31BrF3N3O/c1-2-17(22-10-13-7-14(11-22)9-15(8-13)12-22)28-18(31)5-6-30-20(16-3-4-16)19(24)21(29-30)23(25,26)27/h13-17H,2-12H2,1H3,(H,28,31). The van der Waals surface area contributed by atoms with Crippen LogP contribution in [0.2, 0.25) is 0 Å². The van der Waals surface area contributed by atoms with Gasteiger partial charge in [0.2, 0.25) is 5.91 Å². The van der Waals surface area contributed by atoms with Crippen LogP contribution >= 0.6 is 15.9 Å². The van der Waals surface area contributed by atoms with E-state index >= 15 is 0 Å². The molecule has 6 rings (SSSR count). The first kappa shape index (κ1) is 21.8. The predicted molar refractivity (Wildman–Crippen MR) is 114 cm³/mol. The predicted octanol–water partition coefficient (Wildman–Crippen LogP) is 6.04. The lowest BCUT2D eigenvalue weighted by atomic mass is 9.47. The van der Waals surface area contributed by atoms with E-state index in [9.17, 15) is 18.0 Å². The van der Waals surface area contributed by atoms with Crippen LogP contribution in [0, 0.1) is 23.2 Å². The van der Waals surface area contributed by atoms with Crippen molar-refractivity contribution in [3.05, 3.63) is 15.9 Å². The van der Waals surface area contributed by atoms with E-state index < -0.39 is 11.9 Å². The van der Waals surface area contributed by atoms with Crippen LogP contribution in [-0.4, -0.2) is 21.7 Å². The number of rotatable bonds is 7. The van der Waals surface area contributed by atoms with Gasteiger partial charge in [-0.05, 0) is 96.9 Å². The van der Waals surface area contributed by atoms with Gasteiger partial charge in [0.25, 0.3) is 0 Å². The van der Waals surface area contributed by atoms with Crippen molar-refractivity contribution in [2.75, 3.05) is 0 Å². The van der Waals surface area contributed by atoms with Gasteiger partial charge in [0.1, 0.15) is 0 Å². The fourth-order valence-corrected chi connectivity index (χ4v) is 8.15. The van der Waals surface area contributed by atoms with Crippen LogP contribution in [0.5, 0.6) is 0 Å². The van der Waals surface area contributed by atoms with Gasteiger partial charge in [0.15, 0.2) is 5.69 Å². The minimum atomic E-state index is -4.50. The molecule has 0 aromatic carbocycles. The van der Waals surface area contributed by atoms with Crippen molar-refractivity contribution in [1.29, 1.82) is 0 Å². The van der Waals surface area contributed by atoms with Crippen LogP contribution in [0.25, 0.3) is 0 Å².